The Morgan fingerprint density at radius 2 is 1.85 bits per heavy atom. The second kappa shape index (κ2) is 6.83. The van der Waals surface area contributed by atoms with E-state index < -0.39 is 12.9 Å². The Hall–Kier alpha value is -0.715. The molecular formula is C13H10BCl2FO2S. The summed E-state index contributed by atoms with van der Waals surface area (Å²) in [5.74, 6) is -0.116. The summed E-state index contributed by atoms with van der Waals surface area (Å²) in [6.07, 6.45) is 0. The molecule has 2 rings (SSSR count). The highest BCUT2D eigenvalue weighted by atomic mass is 35.5. The first-order valence-electron chi connectivity index (χ1n) is 5.69. The van der Waals surface area contributed by atoms with Crippen LogP contribution in [0.2, 0.25) is 10.0 Å². The monoisotopic (exact) mass is 330 g/mol. The summed E-state index contributed by atoms with van der Waals surface area (Å²) >= 11 is 13.3. The van der Waals surface area contributed by atoms with Crippen molar-refractivity contribution < 1.29 is 14.4 Å². The van der Waals surface area contributed by atoms with E-state index in [0.29, 0.717) is 21.4 Å². The number of rotatable bonds is 4. The molecule has 0 spiro atoms. The van der Waals surface area contributed by atoms with Crippen LogP contribution in [0.4, 0.5) is 4.39 Å². The molecule has 2 aromatic rings. The Bertz CT molecular complexity index is 625. The van der Waals surface area contributed by atoms with Crippen molar-refractivity contribution in [1.29, 1.82) is 0 Å². The summed E-state index contributed by atoms with van der Waals surface area (Å²) in [5.41, 5.74) is 0.576. The van der Waals surface area contributed by atoms with Gasteiger partial charge in [-0.05, 0) is 35.3 Å². The predicted molar refractivity (Wildman–Crippen MR) is 82.2 cm³/mol. The normalized spacial score (nSPS) is 10.7. The molecule has 0 radical (unpaired) electrons. The first-order valence-corrected chi connectivity index (χ1v) is 7.44. The van der Waals surface area contributed by atoms with Crippen LogP contribution < -0.4 is 5.46 Å². The SMILES string of the molecule is OB(O)c1ccc(CSc2cc(Cl)ccc2Cl)c(F)c1. The second-order valence-corrected chi connectivity index (χ2v) is 5.95. The topological polar surface area (TPSA) is 40.5 Å². The lowest BCUT2D eigenvalue weighted by Crippen LogP contribution is -2.30. The maximum atomic E-state index is 13.8. The van der Waals surface area contributed by atoms with Gasteiger partial charge in [0.05, 0.1) is 5.02 Å². The van der Waals surface area contributed by atoms with E-state index in [-0.39, 0.29) is 5.46 Å². The Kier molecular flexibility index (Phi) is 5.35. The van der Waals surface area contributed by atoms with Gasteiger partial charge in [-0.2, -0.15) is 0 Å². The number of halogens is 3. The molecule has 0 aliphatic carbocycles. The molecule has 20 heavy (non-hydrogen) atoms. The molecule has 0 atom stereocenters. The number of thioether (sulfide) groups is 1. The van der Waals surface area contributed by atoms with Crippen molar-refractivity contribution in [2.24, 2.45) is 0 Å². The minimum absolute atomic E-state index is 0.122. The van der Waals surface area contributed by atoms with Crippen molar-refractivity contribution in [1.82, 2.24) is 0 Å². The molecule has 0 aliphatic heterocycles. The van der Waals surface area contributed by atoms with E-state index in [0.717, 1.165) is 11.0 Å². The fourth-order valence-electron chi connectivity index (χ4n) is 1.58. The summed E-state index contributed by atoms with van der Waals surface area (Å²) in [6, 6.07) is 9.21. The smallest absolute Gasteiger partial charge is 0.423 e. The molecule has 104 valence electrons. The molecule has 0 heterocycles. The highest BCUT2D eigenvalue weighted by Crippen LogP contribution is 2.32. The summed E-state index contributed by atoms with van der Waals surface area (Å²) in [7, 11) is -1.67. The highest BCUT2D eigenvalue weighted by molar-refractivity contribution is 7.98. The molecular weight excluding hydrogens is 321 g/mol. The zero-order valence-corrected chi connectivity index (χ0v) is 12.5. The van der Waals surface area contributed by atoms with Gasteiger partial charge in [-0.25, -0.2) is 4.39 Å². The average molecular weight is 331 g/mol. The van der Waals surface area contributed by atoms with Crippen molar-refractivity contribution in [2.75, 3.05) is 0 Å². The maximum absolute atomic E-state index is 13.8. The summed E-state index contributed by atoms with van der Waals surface area (Å²) < 4.78 is 13.8. The minimum Gasteiger partial charge on any atom is -0.423 e. The van der Waals surface area contributed by atoms with Crippen LogP contribution in [0.15, 0.2) is 41.3 Å². The van der Waals surface area contributed by atoms with Gasteiger partial charge in [0.15, 0.2) is 0 Å². The standard InChI is InChI=1S/C13H10BCl2FO2S/c15-10-3-4-11(16)13(6-10)20-7-8-1-2-9(14(18)19)5-12(8)17/h1-6,18-19H,7H2. The van der Waals surface area contributed by atoms with E-state index in [9.17, 15) is 4.39 Å². The van der Waals surface area contributed by atoms with Gasteiger partial charge in [-0.3, -0.25) is 0 Å². The van der Waals surface area contributed by atoms with Crippen LogP contribution in [0.3, 0.4) is 0 Å². The molecule has 2 nitrogen and oxygen atoms in total. The molecule has 2 aromatic carbocycles. The van der Waals surface area contributed by atoms with Crippen molar-refractivity contribution in [3.05, 3.63) is 57.8 Å². The van der Waals surface area contributed by atoms with Crippen molar-refractivity contribution in [3.8, 4) is 0 Å². The van der Waals surface area contributed by atoms with Crippen molar-refractivity contribution in [3.63, 3.8) is 0 Å². The predicted octanol–water partition coefficient (Wildman–Crippen LogP) is 3.10. The molecule has 0 saturated heterocycles. The van der Waals surface area contributed by atoms with Gasteiger partial charge in [-0.1, -0.05) is 35.3 Å². The Labute approximate surface area is 130 Å². The van der Waals surface area contributed by atoms with Crippen LogP contribution in [0, 0.1) is 5.82 Å². The largest absolute Gasteiger partial charge is 0.488 e. The van der Waals surface area contributed by atoms with E-state index in [4.69, 9.17) is 33.2 Å². The molecule has 0 fully saturated rings. The molecule has 2 N–H and O–H groups in total. The van der Waals surface area contributed by atoms with E-state index in [1.54, 1.807) is 18.2 Å². The summed E-state index contributed by atoms with van der Waals surface area (Å²) in [5, 5.41) is 19.1. The number of benzene rings is 2. The van der Waals surface area contributed by atoms with E-state index in [1.165, 1.54) is 23.9 Å². The van der Waals surface area contributed by atoms with E-state index in [1.807, 2.05) is 0 Å². The summed E-state index contributed by atoms with van der Waals surface area (Å²) in [4.78, 5) is 0.768. The first-order chi connectivity index (χ1) is 9.47. The second-order valence-electron chi connectivity index (χ2n) is 4.09. The van der Waals surface area contributed by atoms with Crippen LogP contribution in [-0.4, -0.2) is 17.2 Å². The first kappa shape index (κ1) is 15.7. The third kappa shape index (κ3) is 3.90. The zero-order valence-electron chi connectivity index (χ0n) is 10.2. The van der Waals surface area contributed by atoms with Crippen LogP contribution >= 0.6 is 35.0 Å². The molecule has 0 amide bonds. The van der Waals surface area contributed by atoms with Crippen LogP contribution in [0.5, 0.6) is 0 Å². The van der Waals surface area contributed by atoms with Gasteiger partial charge in [0, 0.05) is 15.7 Å². The van der Waals surface area contributed by atoms with Gasteiger partial charge in [0.1, 0.15) is 5.82 Å². The maximum Gasteiger partial charge on any atom is 0.488 e. The van der Waals surface area contributed by atoms with Gasteiger partial charge in [0.2, 0.25) is 0 Å². The lowest BCUT2D eigenvalue weighted by atomic mass is 9.80. The number of hydrogen-bond acceptors (Lipinski definition) is 3. The zero-order chi connectivity index (χ0) is 14.7. The third-order valence-electron chi connectivity index (χ3n) is 2.65. The van der Waals surface area contributed by atoms with Crippen LogP contribution in [-0.2, 0) is 5.75 Å². The Morgan fingerprint density at radius 1 is 1.10 bits per heavy atom. The fourth-order valence-corrected chi connectivity index (χ4v) is 3.06. The van der Waals surface area contributed by atoms with Crippen LogP contribution in [0.1, 0.15) is 5.56 Å². The average Bonchev–Trinajstić information content (AvgIpc) is 2.40. The van der Waals surface area contributed by atoms with Gasteiger partial charge >= 0.3 is 7.12 Å². The Balaban J connectivity index is 2.13. The van der Waals surface area contributed by atoms with Gasteiger partial charge in [-0.15, -0.1) is 11.8 Å². The van der Waals surface area contributed by atoms with E-state index in [2.05, 4.69) is 0 Å². The quantitative estimate of drug-likeness (QED) is 0.668. The van der Waals surface area contributed by atoms with Crippen molar-refractivity contribution >= 4 is 47.5 Å². The lowest BCUT2D eigenvalue weighted by molar-refractivity contribution is 0.425. The van der Waals surface area contributed by atoms with Gasteiger partial charge < -0.3 is 10.0 Å². The lowest BCUT2D eigenvalue weighted by Gasteiger charge is -2.07. The van der Waals surface area contributed by atoms with Gasteiger partial charge in [0.25, 0.3) is 0 Å². The van der Waals surface area contributed by atoms with Crippen LogP contribution in [0.25, 0.3) is 0 Å². The minimum atomic E-state index is -1.67. The molecule has 0 bridgehead atoms. The van der Waals surface area contributed by atoms with Crippen molar-refractivity contribution in [2.45, 2.75) is 10.6 Å². The summed E-state index contributed by atoms with van der Waals surface area (Å²) in [6.45, 7) is 0. The third-order valence-corrected chi connectivity index (χ3v) is 4.43. The molecule has 0 saturated carbocycles. The molecule has 0 unspecified atom stereocenters. The number of hydrogen-bond donors (Lipinski definition) is 2. The highest BCUT2D eigenvalue weighted by Gasteiger charge is 2.14. The van der Waals surface area contributed by atoms with E-state index >= 15 is 0 Å². The molecule has 0 aliphatic rings. The fraction of sp³-hybridized carbons (Fsp3) is 0.0769. The molecule has 7 heteroatoms. The molecule has 0 aromatic heterocycles. The Morgan fingerprint density at radius 3 is 2.50 bits per heavy atom.